The fourth-order valence-corrected chi connectivity index (χ4v) is 1.51. The van der Waals surface area contributed by atoms with Crippen molar-refractivity contribution in [3.05, 3.63) is 28.8 Å². The molecule has 0 unspecified atom stereocenters. The minimum absolute atomic E-state index is 0.0423. The summed E-state index contributed by atoms with van der Waals surface area (Å²) < 4.78 is 0. The summed E-state index contributed by atoms with van der Waals surface area (Å²) in [6.45, 7) is 4.80. The SMILES string of the molecule is CC(C)(CN)Cc1ccc(O)cc1Cl. The fourth-order valence-electron chi connectivity index (χ4n) is 1.27. The molecular weight excluding hydrogens is 198 g/mol. The van der Waals surface area contributed by atoms with Crippen LogP contribution in [0.3, 0.4) is 0 Å². The number of phenolic OH excluding ortho intramolecular Hbond substituents is 1. The Morgan fingerprint density at radius 3 is 2.57 bits per heavy atom. The van der Waals surface area contributed by atoms with Crippen molar-refractivity contribution in [3.63, 3.8) is 0 Å². The number of phenols is 1. The molecule has 1 rings (SSSR count). The summed E-state index contributed by atoms with van der Waals surface area (Å²) in [4.78, 5) is 0. The summed E-state index contributed by atoms with van der Waals surface area (Å²) in [5, 5.41) is 9.79. The van der Waals surface area contributed by atoms with Crippen LogP contribution in [0.1, 0.15) is 19.4 Å². The molecule has 2 nitrogen and oxygen atoms in total. The van der Waals surface area contributed by atoms with Gasteiger partial charge >= 0.3 is 0 Å². The van der Waals surface area contributed by atoms with Crippen molar-refractivity contribution in [2.24, 2.45) is 11.1 Å². The standard InChI is InChI=1S/C11H16ClNO/c1-11(2,7-13)6-8-3-4-9(14)5-10(8)12/h3-5,14H,6-7,13H2,1-2H3. The van der Waals surface area contributed by atoms with Crippen LogP contribution >= 0.6 is 11.6 Å². The van der Waals surface area contributed by atoms with Gasteiger partial charge in [-0.3, -0.25) is 0 Å². The Morgan fingerprint density at radius 2 is 2.07 bits per heavy atom. The first-order valence-electron chi connectivity index (χ1n) is 4.62. The van der Waals surface area contributed by atoms with E-state index >= 15 is 0 Å². The normalized spacial score (nSPS) is 11.7. The van der Waals surface area contributed by atoms with E-state index in [9.17, 15) is 5.11 Å². The molecule has 78 valence electrons. The highest BCUT2D eigenvalue weighted by molar-refractivity contribution is 6.31. The molecule has 14 heavy (non-hydrogen) atoms. The highest BCUT2D eigenvalue weighted by Crippen LogP contribution is 2.27. The fraction of sp³-hybridized carbons (Fsp3) is 0.455. The van der Waals surface area contributed by atoms with Gasteiger partial charge in [0.05, 0.1) is 0 Å². The number of hydrogen-bond acceptors (Lipinski definition) is 2. The van der Waals surface area contributed by atoms with Crippen LogP contribution in [0, 0.1) is 5.41 Å². The molecule has 3 N–H and O–H groups in total. The first kappa shape index (κ1) is 11.3. The summed E-state index contributed by atoms with van der Waals surface area (Å²) >= 11 is 5.99. The average molecular weight is 214 g/mol. The lowest BCUT2D eigenvalue weighted by Gasteiger charge is -2.22. The van der Waals surface area contributed by atoms with Gasteiger partial charge < -0.3 is 10.8 Å². The lowest BCUT2D eigenvalue weighted by Crippen LogP contribution is -2.25. The first-order chi connectivity index (χ1) is 6.44. The zero-order valence-electron chi connectivity index (χ0n) is 8.55. The van der Waals surface area contributed by atoms with Crippen LogP contribution in [0.5, 0.6) is 5.75 Å². The second-order valence-corrected chi connectivity index (χ2v) is 4.73. The molecule has 0 heterocycles. The highest BCUT2D eigenvalue weighted by Gasteiger charge is 2.17. The summed E-state index contributed by atoms with van der Waals surface area (Å²) in [6, 6.07) is 5.05. The van der Waals surface area contributed by atoms with Gasteiger partial charge in [-0.05, 0) is 36.1 Å². The van der Waals surface area contributed by atoms with Crippen LogP contribution in [0.2, 0.25) is 5.02 Å². The van der Waals surface area contributed by atoms with Gasteiger partial charge in [-0.15, -0.1) is 0 Å². The minimum Gasteiger partial charge on any atom is -0.508 e. The van der Waals surface area contributed by atoms with Crippen LogP contribution in [-0.2, 0) is 6.42 Å². The Kier molecular flexibility index (Phi) is 3.40. The zero-order chi connectivity index (χ0) is 10.8. The van der Waals surface area contributed by atoms with Gasteiger partial charge in [0.25, 0.3) is 0 Å². The highest BCUT2D eigenvalue weighted by atomic mass is 35.5. The van der Waals surface area contributed by atoms with E-state index in [0.717, 1.165) is 12.0 Å². The second kappa shape index (κ2) is 4.20. The number of hydrogen-bond donors (Lipinski definition) is 2. The molecule has 1 aromatic carbocycles. The van der Waals surface area contributed by atoms with E-state index in [-0.39, 0.29) is 11.2 Å². The van der Waals surface area contributed by atoms with E-state index in [4.69, 9.17) is 17.3 Å². The van der Waals surface area contributed by atoms with Gasteiger partial charge in [0.1, 0.15) is 5.75 Å². The zero-order valence-corrected chi connectivity index (χ0v) is 9.30. The molecule has 3 heteroatoms. The van der Waals surface area contributed by atoms with Gasteiger partial charge in [0.2, 0.25) is 0 Å². The minimum atomic E-state index is 0.0423. The Hall–Kier alpha value is -0.730. The lowest BCUT2D eigenvalue weighted by atomic mass is 9.86. The van der Waals surface area contributed by atoms with Gasteiger partial charge in [-0.1, -0.05) is 31.5 Å². The van der Waals surface area contributed by atoms with Crippen molar-refractivity contribution < 1.29 is 5.11 Å². The van der Waals surface area contributed by atoms with Gasteiger partial charge in [-0.25, -0.2) is 0 Å². The molecule has 0 saturated heterocycles. The third-order valence-corrected chi connectivity index (χ3v) is 2.61. The molecule has 0 aliphatic carbocycles. The van der Waals surface area contributed by atoms with Crippen molar-refractivity contribution in [1.82, 2.24) is 0 Å². The third-order valence-electron chi connectivity index (χ3n) is 2.26. The largest absolute Gasteiger partial charge is 0.508 e. The van der Waals surface area contributed by atoms with Crippen molar-refractivity contribution in [2.45, 2.75) is 20.3 Å². The van der Waals surface area contributed by atoms with E-state index in [1.165, 1.54) is 0 Å². The average Bonchev–Trinajstić information content (AvgIpc) is 2.10. The van der Waals surface area contributed by atoms with Crippen LogP contribution in [0.15, 0.2) is 18.2 Å². The molecular formula is C11H16ClNO. The Morgan fingerprint density at radius 1 is 1.43 bits per heavy atom. The van der Waals surface area contributed by atoms with Crippen LogP contribution in [-0.4, -0.2) is 11.7 Å². The Balaban J connectivity index is 2.87. The maximum absolute atomic E-state index is 9.18. The number of nitrogens with two attached hydrogens (primary N) is 1. The second-order valence-electron chi connectivity index (χ2n) is 4.32. The van der Waals surface area contributed by atoms with Gasteiger partial charge in [-0.2, -0.15) is 0 Å². The van der Waals surface area contributed by atoms with E-state index in [1.54, 1.807) is 12.1 Å². The molecule has 0 spiro atoms. The van der Waals surface area contributed by atoms with E-state index in [0.29, 0.717) is 11.6 Å². The maximum Gasteiger partial charge on any atom is 0.117 e. The molecule has 1 aromatic rings. The third kappa shape index (κ3) is 2.89. The number of benzene rings is 1. The van der Waals surface area contributed by atoms with Crippen LogP contribution in [0.4, 0.5) is 0 Å². The summed E-state index contributed by atoms with van der Waals surface area (Å²) in [5.74, 6) is 0.198. The number of halogens is 1. The van der Waals surface area contributed by atoms with E-state index < -0.39 is 0 Å². The number of aromatic hydroxyl groups is 1. The van der Waals surface area contributed by atoms with E-state index in [1.807, 2.05) is 6.07 Å². The predicted molar refractivity (Wildman–Crippen MR) is 59.7 cm³/mol. The van der Waals surface area contributed by atoms with Crippen molar-refractivity contribution in [3.8, 4) is 5.75 Å². The molecule has 0 fully saturated rings. The predicted octanol–water partition coefficient (Wildman–Crippen LogP) is 2.57. The number of rotatable bonds is 3. The van der Waals surface area contributed by atoms with Crippen LogP contribution in [0.25, 0.3) is 0 Å². The summed E-state index contributed by atoms with van der Waals surface area (Å²) in [5.41, 5.74) is 6.71. The van der Waals surface area contributed by atoms with Crippen molar-refractivity contribution >= 4 is 11.6 Å². The smallest absolute Gasteiger partial charge is 0.117 e. The molecule has 0 saturated carbocycles. The van der Waals surface area contributed by atoms with E-state index in [2.05, 4.69) is 13.8 Å². The molecule has 0 aromatic heterocycles. The van der Waals surface area contributed by atoms with Crippen LogP contribution < -0.4 is 5.73 Å². The summed E-state index contributed by atoms with van der Waals surface area (Å²) in [6.07, 6.45) is 0.822. The summed E-state index contributed by atoms with van der Waals surface area (Å²) in [7, 11) is 0. The van der Waals surface area contributed by atoms with Gasteiger partial charge in [0.15, 0.2) is 0 Å². The molecule has 0 amide bonds. The Labute approximate surface area is 89.7 Å². The molecule has 0 radical (unpaired) electrons. The quantitative estimate of drug-likeness (QED) is 0.811. The maximum atomic E-state index is 9.18. The monoisotopic (exact) mass is 213 g/mol. The molecule has 0 aliphatic rings. The van der Waals surface area contributed by atoms with Crippen molar-refractivity contribution in [2.75, 3.05) is 6.54 Å². The lowest BCUT2D eigenvalue weighted by molar-refractivity contribution is 0.376. The Bertz CT molecular complexity index is 323. The molecule has 0 atom stereocenters. The topological polar surface area (TPSA) is 46.2 Å². The molecule has 0 aliphatic heterocycles. The molecule has 0 bridgehead atoms. The van der Waals surface area contributed by atoms with Crippen molar-refractivity contribution in [1.29, 1.82) is 0 Å². The first-order valence-corrected chi connectivity index (χ1v) is 5.00. The van der Waals surface area contributed by atoms with Gasteiger partial charge in [0, 0.05) is 5.02 Å².